The third-order valence-electron chi connectivity index (χ3n) is 5.81. The Morgan fingerprint density at radius 2 is 2.10 bits per heavy atom. The van der Waals surface area contributed by atoms with Crippen LogP contribution in [0.1, 0.15) is 41.7 Å². The number of rotatable bonds is 4. The molecule has 29 heavy (non-hydrogen) atoms. The van der Waals surface area contributed by atoms with Crippen molar-refractivity contribution in [2.75, 3.05) is 6.54 Å². The standard InChI is InChI=1S/C20H19ClFN5O2/c21-13-8-12(2-3-14(13)22)18-17(19(24)29)15-10-26(6-7-27(15)25-18)16(28)9-20(11-23)4-1-5-20/h2-3,8H,1,4-7,9-10H2,(H2,24,29). The van der Waals surface area contributed by atoms with E-state index in [1.165, 1.54) is 18.2 Å². The molecule has 7 nitrogen and oxygen atoms in total. The zero-order valence-electron chi connectivity index (χ0n) is 15.6. The van der Waals surface area contributed by atoms with Gasteiger partial charge in [-0.05, 0) is 31.0 Å². The van der Waals surface area contributed by atoms with Crippen LogP contribution in [0.3, 0.4) is 0 Å². The Hall–Kier alpha value is -2.92. The molecular formula is C20H19ClFN5O2. The highest BCUT2D eigenvalue weighted by atomic mass is 35.5. The first-order chi connectivity index (χ1) is 13.8. The average Bonchev–Trinajstić information content (AvgIpc) is 3.05. The number of benzene rings is 1. The van der Waals surface area contributed by atoms with E-state index < -0.39 is 17.1 Å². The zero-order valence-corrected chi connectivity index (χ0v) is 16.4. The molecule has 2 heterocycles. The van der Waals surface area contributed by atoms with Crippen LogP contribution in [0.15, 0.2) is 18.2 Å². The molecule has 1 aromatic heterocycles. The second-order valence-corrected chi connectivity index (χ2v) is 8.03. The van der Waals surface area contributed by atoms with Crippen LogP contribution in [0.4, 0.5) is 4.39 Å². The van der Waals surface area contributed by atoms with E-state index in [0.717, 1.165) is 19.3 Å². The maximum atomic E-state index is 13.5. The molecule has 2 aromatic rings. The van der Waals surface area contributed by atoms with Crippen molar-refractivity contribution in [1.82, 2.24) is 14.7 Å². The van der Waals surface area contributed by atoms with Gasteiger partial charge in [0.05, 0.1) is 40.9 Å². The molecule has 2 amide bonds. The van der Waals surface area contributed by atoms with E-state index in [9.17, 15) is 19.2 Å². The highest BCUT2D eigenvalue weighted by molar-refractivity contribution is 6.31. The lowest BCUT2D eigenvalue weighted by Gasteiger charge is -2.37. The SMILES string of the molecule is N#CC1(CC(=O)N2CCn3nc(-c4ccc(F)c(Cl)c4)c(C(N)=O)c3C2)CCC1. The normalized spacial score (nSPS) is 17.2. The summed E-state index contributed by atoms with van der Waals surface area (Å²) in [7, 11) is 0. The Kier molecular flexibility index (Phi) is 4.79. The highest BCUT2D eigenvalue weighted by Gasteiger charge is 2.41. The van der Waals surface area contributed by atoms with Crippen LogP contribution in [0.2, 0.25) is 5.02 Å². The molecule has 1 saturated carbocycles. The third kappa shape index (κ3) is 3.36. The lowest BCUT2D eigenvalue weighted by atomic mass is 9.67. The molecule has 1 aliphatic carbocycles. The Morgan fingerprint density at radius 3 is 2.69 bits per heavy atom. The summed E-state index contributed by atoms with van der Waals surface area (Å²) in [5, 5.41) is 13.8. The van der Waals surface area contributed by atoms with E-state index in [1.807, 2.05) is 0 Å². The van der Waals surface area contributed by atoms with Gasteiger partial charge in [0.2, 0.25) is 5.91 Å². The topological polar surface area (TPSA) is 105 Å². The number of halogens is 2. The van der Waals surface area contributed by atoms with Crippen molar-refractivity contribution in [1.29, 1.82) is 5.26 Å². The van der Waals surface area contributed by atoms with Crippen LogP contribution in [-0.4, -0.2) is 33.0 Å². The van der Waals surface area contributed by atoms with Gasteiger partial charge in [-0.2, -0.15) is 10.4 Å². The van der Waals surface area contributed by atoms with Gasteiger partial charge >= 0.3 is 0 Å². The molecule has 0 spiro atoms. The molecule has 1 fully saturated rings. The number of carbonyl (C=O) groups is 2. The Morgan fingerprint density at radius 1 is 1.34 bits per heavy atom. The number of nitrogens with two attached hydrogens (primary N) is 1. The van der Waals surface area contributed by atoms with Gasteiger partial charge in [-0.3, -0.25) is 14.3 Å². The predicted octanol–water partition coefficient (Wildman–Crippen LogP) is 2.87. The van der Waals surface area contributed by atoms with Gasteiger partial charge < -0.3 is 10.6 Å². The second kappa shape index (κ2) is 7.16. The first-order valence-corrected chi connectivity index (χ1v) is 9.75. The van der Waals surface area contributed by atoms with Gasteiger partial charge in [-0.25, -0.2) is 4.39 Å². The molecule has 150 valence electrons. The van der Waals surface area contributed by atoms with Crippen molar-refractivity contribution >= 4 is 23.4 Å². The van der Waals surface area contributed by atoms with Gasteiger partial charge in [0.1, 0.15) is 11.5 Å². The third-order valence-corrected chi connectivity index (χ3v) is 6.10. The van der Waals surface area contributed by atoms with Crippen molar-refractivity contribution in [2.24, 2.45) is 11.1 Å². The van der Waals surface area contributed by atoms with E-state index in [1.54, 1.807) is 9.58 Å². The fourth-order valence-corrected chi connectivity index (χ4v) is 4.15. The van der Waals surface area contributed by atoms with Crippen molar-refractivity contribution in [3.05, 3.63) is 40.3 Å². The molecule has 0 atom stereocenters. The molecule has 2 aliphatic rings. The number of hydrogen-bond acceptors (Lipinski definition) is 4. The van der Waals surface area contributed by atoms with Crippen LogP contribution < -0.4 is 5.73 Å². The molecule has 2 N–H and O–H groups in total. The van der Waals surface area contributed by atoms with Crippen LogP contribution in [0, 0.1) is 22.6 Å². The zero-order chi connectivity index (χ0) is 20.8. The molecule has 9 heteroatoms. The fraction of sp³-hybridized carbons (Fsp3) is 0.400. The molecule has 1 aliphatic heterocycles. The van der Waals surface area contributed by atoms with E-state index in [2.05, 4.69) is 11.2 Å². The number of carbonyl (C=O) groups excluding carboxylic acids is 2. The number of hydrogen-bond donors (Lipinski definition) is 1. The molecule has 1 aromatic carbocycles. The minimum Gasteiger partial charge on any atom is -0.365 e. The van der Waals surface area contributed by atoms with Crippen molar-refractivity contribution in [2.45, 2.75) is 38.8 Å². The highest BCUT2D eigenvalue weighted by Crippen LogP contribution is 2.43. The number of nitrogens with zero attached hydrogens (tertiary/aromatic N) is 4. The van der Waals surface area contributed by atoms with Gasteiger partial charge in [0, 0.05) is 18.5 Å². The lowest BCUT2D eigenvalue weighted by molar-refractivity contribution is -0.135. The van der Waals surface area contributed by atoms with Gasteiger partial charge in [-0.15, -0.1) is 0 Å². The van der Waals surface area contributed by atoms with Crippen LogP contribution in [0.5, 0.6) is 0 Å². The van der Waals surface area contributed by atoms with Crippen LogP contribution in [-0.2, 0) is 17.9 Å². The number of primary amides is 1. The van der Waals surface area contributed by atoms with Gasteiger partial charge in [0.15, 0.2) is 0 Å². The summed E-state index contributed by atoms with van der Waals surface area (Å²) in [6.45, 7) is 1.01. The summed E-state index contributed by atoms with van der Waals surface area (Å²) in [6, 6.07) is 6.37. The van der Waals surface area contributed by atoms with Gasteiger partial charge in [0.25, 0.3) is 5.91 Å². The molecule has 0 bridgehead atoms. The first kappa shape index (κ1) is 19.4. The summed E-state index contributed by atoms with van der Waals surface area (Å²) in [6.07, 6.45) is 2.62. The Bertz CT molecular complexity index is 1050. The lowest BCUT2D eigenvalue weighted by Crippen LogP contribution is -2.42. The first-order valence-electron chi connectivity index (χ1n) is 9.37. The Balaban J connectivity index is 1.65. The maximum absolute atomic E-state index is 13.5. The number of amides is 2. The van der Waals surface area contributed by atoms with Crippen molar-refractivity contribution in [3.63, 3.8) is 0 Å². The van der Waals surface area contributed by atoms with Crippen LogP contribution in [0.25, 0.3) is 11.3 Å². The van der Waals surface area contributed by atoms with Crippen molar-refractivity contribution < 1.29 is 14.0 Å². The minimum atomic E-state index is -0.677. The van der Waals surface area contributed by atoms with E-state index in [4.69, 9.17) is 17.3 Å². The van der Waals surface area contributed by atoms with Gasteiger partial charge in [-0.1, -0.05) is 18.0 Å². The minimum absolute atomic E-state index is 0.0806. The molecule has 4 rings (SSSR count). The number of nitriles is 1. The van der Waals surface area contributed by atoms with Crippen LogP contribution >= 0.6 is 11.6 Å². The average molecular weight is 416 g/mol. The summed E-state index contributed by atoms with van der Waals surface area (Å²) in [5.41, 5.74) is 6.58. The maximum Gasteiger partial charge on any atom is 0.252 e. The van der Waals surface area contributed by atoms with E-state index in [0.29, 0.717) is 30.0 Å². The van der Waals surface area contributed by atoms with E-state index in [-0.39, 0.29) is 29.5 Å². The fourth-order valence-electron chi connectivity index (χ4n) is 3.97. The monoisotopic (exact) mass is 415 g/mol. The van der Waals surface area contributed by atoms with E-state index >= 15 is 0 Å². The van der Waals surface area contributed by atoms with Crippen molar-refractivity contribution in [3.8, 4) is 17.3 Å². The summed E-state index contributed by atoms with van der Waals surface area (Å²) < 4.78 is 15.2. The Labute approximate surface area is 171 Å². The summed E-state index contributed by atoms with van der Waals surface area (Å²) >= 11 is 5.88. The predicted molar refractivity (Wildman–Crippen MR) is 103 cm³/mol. The number of aromatic nitrogens is 2. The smallest absolute Gasteiger partial charge is 0.252 e. The molecule has 0 saturated heterocycles. The molecule has 0 unspecified atom stereocenters. The second-order valence-electron chi connectivity index (χ2n) is 7.62. The largest absolute Gasteiger partial charge is 0.365 e. The molecule has 0 radical (unpaired) electrons. The molecular weight excluding hydrogens is 397 g/mol. The summed E-state index contributed by atoms with van der Waals surface area (Å²) in [4.78, 5) is 26.6. The quantitative estimate of drug-likeness (QED) is 0.828. The number of fused-ring (bicyclic) bond motifs is 1. The summed E-state index contributed by atoms with van der Waals surface area (Å²) in [5.74, 6) is -1.36.